The van der Waals surface area contributed by atoms with Crippen LogP contribution in [0.1, 0.15) is 0 Å². The molecule has 0 aliphatic rings. The zero-order valence-corrected chi connectivity index (χ0v) is 17.2. The number of hydrogen-bond donors (Lipinski definition) is 2. The summed E-state index contributed by atoms with van der Waals surface area (Å²) in [5, 5.41) is 75.2. The van der Waals surface area contributed by atoms with Gasteiger partial charge in [0, 0.05) is 0 Å². The first-order valence-electron chi connectivity index (χ1n) is 8.82. The molecule has 3 aromatic rings. The van der Waals surface area contributed by atoms with E-state index in [1.165, 1.54) is 0 Å². The molecule has 0 aliphatic heterocycles. The van der Waals surface area contributed by atoms with E-state index in [-0.39, 0.29) is 12.1 Å². The maximum absolute atomic E-state index is 11.6. The molecule has 0 unspecified atom stereocenters. The Morgan fingerprint density at radius 3 is 1.08 bits per heavy atom. The van der Waals surface area contributed by atoms with Crippen molar-refractivity contribution in [3.63, 3.8) is 0 Å². The van der Waals surface area contributed by atoms with Crippen LogP contribution in [0, 0.1) is 60.7 Å². The average molecular weight is 522 g/mol. The largest absolute Gasteiger partial charge is 0.415 e. The second-order valence-electron chi connectivity index (χ2n) is 6.56. The van der Waals surface area contributed by atoms with Gasteiger partial charge in [-0.25, -0.2) is 0 Å². The standard InChI is InChI=1S/C14H6N10O13/c15-9-5(21(29)30)1-3(19(25)26)7(11(9)23(33)34)13-17-18-14(37-13)8-4(20(27)28)2-6(22(31)32)10(16)12(8)24(35)36/h1-2H,15-16H2. The molecule has 0 amide bonds. The lowest BCUT2D eigenvalue weighted by atomic mass is 10.1. The van der Waals surface area contributed by atoms with Crippen molar-refractivity contribution >= 4 is 45.5 Å². The highest BCUT2D eigenvalue weighted by Crippen LogP contribution is 2.49. The summed E-state index contributed by atoms with van der Waals surface area (Å²) in [5.74, 6) is -2.31. The van der Waals surface area contributed by atoms with Crippen molar-refractivity contribution in [3.05, 3.63) is 72.8 Å². The number of nitro groups is 6. The van der Waals surface area contributed by atoms with Crippen LogP contribution in [0.5, 0.6) is 0 Å². The Bertz CT molecular complexity index is 1460. The summed E-state index contributed by atoms with van der Waals surface area (Å²) in [6.07, 6.45) is 0. The van der Waals surface area contributed by atoms with E-state index >= 15 is 0 Å². The molecule has 3 rings (SSSR count). The SMILES string of the molecule is Nc1c([N+](=O)[O-])cc([N+](=O)[O-])c(-c2nnc(-c3c([N+](=O)[O-])cc([N+](=O)[O-])c(N)c3[N+](=O)[O-])o2)c1[N+](=O)[O-]. The van der Waals surface area contributed by atoms with Gasteiger partial charge in [0.05, 0.1) is 41.7 Å². The summed E-state index contributed by atoms with van der Waals surface area (Å²) in [5.41, 5.74) is -1.72. The van der Waals surface area contributed by atoms with Gasteiger partial charge in [0.15, 0.2) is 22.5 Å². The highest BCUT2D eigenvalue weighted by molar-refractivity contribution is 5.92. The second-order valence-corrected chi connectivity index (χ2v) is 6.56. The van der Waals surface area contributed by atoms with E-state index < -0.39 is 97.9 Å². The summed E-state index contributed by atoms with van der Waals surface area (Å²) in [6.45, 7) is 0. The Kier molecular flexibility index (Phi) is 5.95. The Morgan fingerprint density at radius 1 is 0.541 bits per heavy atom. The van der Waals surface area contributed by atoms with E-state index in [0.29, 0.717) is 0 Å². The molecule has 190 valence electrons. The monoisotopic (exact) mass is 522 g/mol. The summed E-state index contributed by atoms with van der Waals surface area (Å²) >= 11 is 0. The molecule has 0 bridgehead atoms. The molecule has 1 heterocycles. The van der Waals surface area contributed by atoms with Gasteiger partial charge in [0.2, 0.25) is 0 Å². The van der Waals surface area contributed by atoms with Gasteiger partial charge in [-0.1, -0.05) is 0 Å². The molecule has 23 heteroatoms. The van der Waals surface area contributed by atoms with Gasteiger partial charge in [-0.15, -0.1) is 10.2 Å². The number of aromatic nitrogens is 2. The lowest BCUT2D eigenvalue weighted by Gasteiger charge is -2.05. The molecule has 0 aliphatic carbocycles. The third-order valence-corrected chi connectivity index (χ3v) is 4.60. The van der Waals surface area contributed by atoms with Crippen LogP contribution in [0.25, 0.3) is 22.9 Å². The van der Waals surface area contributed by atoms with Crippen LogP contribution in [-0.2, 0) is 0 Å². The molecule has 0 fully saturated rings. The zero-order chi connectivity index (χ0) is 27.9. The summed E-state index contributed by atoms with van der Waals surface area (Å²) in [7, 11) is 0. The van der Waals surface area contributed by atoms with Gasteiger partial charge in [-0.2, -0.15) is 0 Å². The third kappa shape index (κ3) is 4.05. The normalized spacial score (nSPS) is 10.6. The molecule has 0 saturated heterocycles. The van der Waals surface area contributed by atoms with Crippen molar-refractivity contribution in [2.45, 2.75) is 0 Å². The molecule has 0 atom stereocenters. The summed E-state index contributed by atoms with van der Waals surface area (Å²) < 4.78 is 5.04. The topological polar surface area (TPSA) is 350 Å². The minimum Gasteiger partial charge on any atom is -0.415 e. The molecule has 4 N–H and O–H groups in total. The Morgan fingerprint density at radius 2 is 0.838 bits per heavy atom. The Hall–Kier alpha value is -6.42. The fourth-order valence-corrected chi connectivity index (χ4v) is 3.13. The smallest absolute Gasteiger partial charge is 0.318 e. The number of nitrogens with two attached hydrogens (primary N) is 2. The fraction of sp³-hybridized carbons (Fsp3) is 0. The first-order valence-corrected chi connectivity index (χ1v) is 8.82. The van der Waals surface area contributed by atoms with Gasteiger partial charge >= 0.3 is 22.7 Å². The zero-order valence-electron chi connectivity index (χ0n) is 17.2. The number of benzene rings is 2. The Labute approximate surface area is 197 Å². The first-order chi connectivity index (χ1) is 17.2. The number of hydrogen-bond acceptors (Lipinski definition) is 17. The Balaban J connectivity index is 2.45. The van der Waals surface area contributed by atoms with Crippen LogP contribution < -0.4 is 11.5 Å². The van der Waals surface area contributed by atoms with Gasteiger partial charge in [-0.05, 0) is 0 Å². The van der Waals surface area contributed by atoms with Gasteiger partial charge in [0.25, 0.3) is 23.2 Å². The molecular formula is C14H6N10O13. The highest BCUT2D eigenvalue weighted by atomic mass is 16.6. The van der Waals surface area contributed by atoms with Crippen molar-refractivity contribution < 1.29 is 34.0 Å². The summed E-state index contributed by atoms with van der Waals surface area (Å²) in [4.78, 5) is 60.8. The van der Waals surface area contributed by atoms with E-state index in [2.05, 4.69) is 10.2 Å². The number of nitro benzene ring substituents is 6. The van der Waals surface area contributed by atoms with Crippen molar-refractivity contribution in [1.82, 2.24) is 10.2 Å². The number of nitrogens with zero attached hydrogens (tertiary/aromatic N) is 8. The molecule has 0 spiro atoms. The second kappa shape index (κ2) is 8.74. The lowest BCUT2D eigenvalue weighted by Crippen LogP contribution is -2.06. The third-order valence-electron chi connectivity index (χ3n) is 4.60. The molecular weight excluding hydrogens is 516 g/mol. The summed E-state index contributed by atoms with van der Waals surface area (Å²) in [6, 6.07) is 0.493. The van der Waals surface area contributed by atoms with Crippen molar-refractivity contribution in [1.29, 1.82) is 0 Å². The number of nitrogen functional groups attached to an aromatic ring is 2. The van der Waals surface area contributed by atoms with Gasteiger partial charge in [0.1, 0.15) is 0 Å². The maximum atomic E-state index is 11.6. The van der Waals surface area contributed by atoms with E-state index in [1.54, 1.807) is 0 Å². The molecule has 37 heavy (non-hydrogen) atoms. The maximum Gasteiger partial charge on any atom is 0.318 e. The fourth-order valence-electron chi connectivity index (χ4n) is 3.13. The van der Waals surface area contributed by atoms with Crippen molar-refractivity contribution in [2.75, 3.05) is 11.5 Å². The first kappa shape index (κ1) is 25.2. The quantitative estimate of drug-likeness (QED) is 0.242. The van der Waals surface area contributed by atoms with Crippen LogP contribution in [0.4, 0.5) is 45.5 Å². The van der Waals surface area contributed by atoms with Crippen molar-refractivity contribution in [2.24, 2.45) is 0 Å². The predicted molar refractivity (Wildman–Crippen MR) is 114 cm³/mol. The van der Waals surface area contributed by atoms with Crippen LogP contribution in [-0.4, -0.2) is 39.7 Å². The molecule has 1 aromatic heterocycles. The van der Waals surface area contributed by atoms with Crippen molar-refractivity contribution in [3.8, 4) is 22.9 Å². The van der Waals surface area contributed by atoms with Crippen LogP contribution in [0.2, 0.25) is 0 Å². The predicted octanol–water partition coefficient (Wildman–Crippen LogP) is 2.02. The van der Waals surface area contributed by atoms with E-state index in [0.717, 1.165) is 0 Å². The van der Waals surface area contributed by atoms with E-state index in [4.69, 9.17) is 15.9 Å². The van der Waals surface area contributed by atoms with Crippen LogP contribution in [0.3, 0.4) is 0 Å². The lowest BCUT2D eigenvalue weighted by molar-refractivity contribution is -0.401. The minimum atomic E-state index is -1.43. The van der Waals surface area contributed by atoms with E-state index in [1.807, 2.05) is 0 Å². The molecule has 0 saturated carbocycles. The highest BCUT2D eigenvalue weighted by Gasteiger charge is 2.42. The molecule has 23 nitrogen and oxygen atoms in total. The number of anilines is 2. The van der Waals surface area contributed by atoms with Crippen LogP contribution in [0.15, 0.2) is 16.5 Å². The molecule has 0 radical (unpaired) electrons. The number of rotatable bonds is 8. The van der Waals surface area contributed by atoms with Gasteiger partial charge < -0.3 is 15.9 Å². The average Bonchev–Trinajstić information content (AvgIpc) is 3.26. The van der Waals surface area contributed by atoms with Crippen LogP contribution >= 0.6 is 0 Å². The molecule has 2 aromatic carbocycles. The minimum absolute atomic E-state index is 0.246. The van der Waals surface area contributed by atoms with Gasteiger partial charge in [-0.3, -0.25) is 60.7 Å². The van der Waals surface area contributed by atoms with E-state index in [9.17, 15) is 60.7 Å².